The van der Waals surface area contributed by atoms with Gasteiger partial charge in [0.2, 0.25) is 0 Å². The first-order valence-corrected chi connectivity index (χ1v) is 8.31. The fourth-order valence-corrected chi connectivity index (χ4v) is 2.90. The van der Waals surface area contributed by atoms with Gasteiger partial charge in [-0.05, 0) is 32.0 Å². The molecule has 0 aliphatic carbocycles. The van der Waals surface area contributed by atoms with Crippen molar-refractivity contribution in [2.24, 2.45) is 7.05 Å². The number of nitrogens with one attached hydrogen (secondary N) is 1. The predicted octanol–water partition coefficient (Wildman–Crippen LogP) is 1.01. The SMILES string of the molecule is CC(C)NC(=O)N1CCN(C(=O)c2ccc3c(c2)oc(=O)n3C)CC1. The molecule has 3 amide bonds. The Balaban J connectivity index is 1.68. The summed E-state index contributed by atoms with van der Waals surface area (Å²) in [6.45, 7) is 5.76. The van der Waals surface area contributed by atoms with E-state index in [0.717, 1.165) is 0 Å². The molecule has 8 nitrogen and oxygen atoms in total. The second-order valence-electron chi connectivity index (χ2n) is 6.49. The number of rotatable bonds is 2. The van der Waals surface area contributed by atoms with Gasteiger partial charge >= 0.3 is 11.8 Å². The average molecular weight is 346 g/mol. The van der Waals surface area contributed by atoms with E-state index in [9.17, 15) is 14.4 Å². The summed E-state index contributed by atoms with van der Waals surface area (Å²) >= 11 is 0. The summed E-state index contributed by atoms with van der Waals surface area (Å²) in [5, 5.41) is 2.86. The molecule has 1 aliphatic heterocycles. The Morgan fingerprint density at radius 3 is 2.40 bits per heavy atom. The molecule has 1 fully saturated rings. The molecule has 2 aromatic rings. The van der Waals surface area contributed by atoms with Crippen LogP contribution < -0.4 is 11.1 Å². The van der Waals surface area contributed by atoms with Crippen LogP contribution in [-0.2, 0) is 7.05 Å². The number of nitrogens with zero attached hydrogens (tertiary/aromatic N) is 3. The molecule has 134 valence electrons. The molecular weight excluding hydrogens is 324 g/mol. The number of hydrogen-bond donors (Lipinski definition) is 1. The Labute approximate surface area is 145 Å². The van der Waals surface area contributed by atoms with E-state index in [2.05, 4.69) is 5.32 Å². The number of fused-ring (bicyclic) bond motifs is 1. The molecule has 1 saturated heterocycles. The highest BCUT2D eigenvalue weighted by molar-refractivity contribution is 5.97. The van der Waals surface area contributed by atoms with Crippen LogP contribution in [-0.4, -0.2) is 58.5 Å². The number of carbonyl (C=O) groups is 2. The minimum absolute atomic E-state index is 0.0828. The van der Waals surface area contributed by atoms with Crippen LogP contribution in [0.5, 0.6) is 0 Å². The molecular formula is C17H22N4O4. The lowest BCUT2D eigenvalue weighted by Gasteiger charge is -2.35. The molecule has 0 radical (unpaired) electrons. The van der Waals surface area contributed by atoms with Crippen LogP contribution in [0.3, 0.4) is 0 Å². The summed E-state index contributed by atoms with van der Waals surface area (Å²) in [5.41, 5.74) is 1.52. The number of oxazole rings is 1. The van der Waals surface area contributed by atoms with Crippen molar-refractivity contribution < 1.29 is 14.0 Å². The summed E-state index contributed by atoms with van der Waals surface area (Å²) in [6.07, 6.45) is 0. The Kier molecular flexibility index (Phi) is 4.52. The third-order valence-electron chi connectivity index (χ3n) is 4.31. The van der Waals surface area contributed by atoms with Gasteiger partial charge in [-0.15, -0.1) is 0 Å². The Morgan fingerprint density at radius 2 is 1.76 bits per heavy atom. The Morgan fingerprint density at radius 1 is 1.12 bits per heavy atom. The van der Waals surface area contributed by atoms with Crippen LogP contribution in [0, 0.1) is 0 Å². The van der Waals surface area contributed by atoms with Gasteiger partial charge in [-0.25, -0.2) is 9.59 Å². The first kappa shape index (κ1) is 17.1. The number of aromatic nitrogens is 1. The second-order valence-corrected chi connectivity index (χ2v) is 6.49. The van der Waals surface area contributed by atoms with Crippen molar-refractivity contribution in [3.05, 3.63) is 34.3 Å². The van der Waals surface area contributed by atoms with E-state index in [-0.39, 0.29) is 18.0 Å². The van der Waals surface area contributed by atoms with E-state index < -0.39 is 5.76 Å². The number of carbonyl (C=O) groups excluding carboxylic acids is 2. The summed E-state index contributed by atoms with van der Waals surface area (Å²) in [6, 6.07) is 4.97. The van der Waals surface area contributed by atoms with Crippen LogP contribution in [0.25, 0.3) is 11.1 Å². The monoisotopic (exact) mass is 346 g/mol. The van der Waals surface area contributed by atoms with E-state index in [1.165, 1.54) is 4.57 Å². The highest BCUT2D eigenvalue weighted by atomic mass is 16.4. The van der Waals surface area contributed by atoms with Gasteiger partial charge in [0.1, 0.15) is 0 Å². The fourth-order valence-electron chi connectivity index (χ4n) is 2.90. The molecule has 2 heterocycles. The lowest BCUT2D eigenvalue weighted by Crippen LogP contribution is -2.54. The number of amides is 3. The first-order chi connectivity index (χ1) is 11.9. The van der Waals surface area contributed by atoms with Crippen LogP contribution in [0.4, 0.5) is 4.79 Å². The number of aryl methyl sites for hydroxylation is 1. The smallest absolute Gasteiger partial charge is 0.408 e. The first-order valence-electron chi connectivity index (χ1n) is 8.31. The van der Waals surface area contributed by atoms with E-state index in [1.54, 1.807) is 35.0 Å². The van der Waals surface area contributed by atoms with Crippen molar-refractivity contribution in [3.8, 4) is 0 Å². The van der Waals surface area contributed by atoms with Gasteiger partial charge in [0.25, 0.3) is 5.91 Å². The number of benzene rings is 1. The van der Waals surface area contributed by atoms with Crippen molar-refractivity contribution >= 4 is 23.0 Å². The maximum Gasteiger partial charge on any atom is 0.419 e. The lowest BCUT2D eigenvalue weighted by molar-refractivity contribution is 0.0664. The minimum atomic E-state index is -0.454. The zero-order chi connectivity index (χ0) is 18.1. The normalized spacial score (nSPS) is 15.0. The van der Waals surface area contributed by atoms with Crippen molar-refractivity contribution in [2.45, 2.75) is 19.9 Å². The van der Waals surface area contributed by atoms with Gasteiger partial charge in [0.15, 0.2) is 5.58 Å². The highest BCUT2D eigenvalue weighted by Crippen LogP contribution is 2.16. The van der Waals surface area contributed by atoms with Crippen molar-refractivity contribution in [1.82, 2.24) is 19.7 Å². The summed E-state index contributed by atoms with van der Waals surface area (Å²) in [5.74, 6) is -0.582. The number of urea groups is 1. The van der Waals surface area contributed by atoms with Gasteiger partial charge < -0.3 is 19.5 Å². The Hall–Kier alpha value is -2.77. The molecule has 8 heteroatoms. The van der Waals surface area contributed by atoms with E-state index >= 15 is 0 Å². The van der Waals surface area contributed by atoms with Crippen LogP contribution >= 0.6 is 0 Å². The minimum Gasteiger partial charge on any atom is -0.408 e. The van der Waals surface area contributed by atoms with Crippen molar-refractivity contribution in [2.75, 3.05) is 26.2 Å². The van der Waals surface area contributed by atoms with Crippen molar-refractivity contribution in [3.63, 3.8) is 0 Å². The van der Waals surface area contributed by atoms with Crippen LogP contribution in [0.1, 0.15) is 24.2 Å². The molecule has 0 atom stereocenters. The third-order valence-corrected chi connectivity index (χ3v) is 4.31. The largest absolute Gasteiger partial charge is 0.419 e. The number of piperazine rings is 1. The quantitative estimate of drug-likeness (QED) is 0.879. The molecule has 0 unspecified atom stereocenters. The van der Waals surface area contributed by atoms with Crippen molar-refractivity contribution in [1.29, 1.82) is 0 Å². The zero-order valence-electron chi connectivity index (χ0n) is 14.6. The average Bonchev–Trinajstić information content (AvgIpc) is 2.87. The molecule has 1 aromatic heterocycles. The van der Waals surface area contributed by atoms with Gasteiger partial charge in [-0.3, -0.25) is 9.36 Å². The Bertz CT molecular complexity index is 859. The molecule has 3 rings (SSSR count). The second kappa shape index (κ2) is 6.62. The standard InChI is InChI=1S/C17H22N4O4/c1-11(2)18-16(23)21-8-6-20(7-9-21)15(22)12-4-5-13-14(10-12)25-17(24)19(13)3/h4-5,10-11H,6-9H2,1-3H3,(H,18,23). The van der Waals surface area contributed by atoms with Gasteiger partial charge in [0, 0.05) is 44.8 Å². The maximum absolute atomic E-state index is 12.7. The van der Waals surface area contributed by atoms with E-state index in [4.69, 9.17) is 4.42 Å². The van der Waals surface area contributed by atoms with Crippen LogP contribution in [0.15, 0.2) is 27.4 Å². The fraction of sp³-hybridized carbons (Fsp3) is 0.471. The van der Waals surface area contributed by atoms with Gasteiger partial charge in [0.05, 0.1) is 5.52 Å². The summed E-state index contributed by atoms with van der Waals surface area (Å²) in [4.78, 5) is 39.6. The molecule has 1 aromatic carbocycles. The van der Waals surface area contributed by atoms with Gasteiger partial charge in [-0.1, -0.05) is 0 Å². The molecule has 25 heavy (non-hydrogen) atoms. The predicted molar refractivity (Wildman–Crippen MR) is 92.6 cm³/mol. The lowest BCUT2D eigenvalue weighted by atomic mass is 10.1. The highest BCUT2D eigenvalue weighted by Gasteiger charge is 2.25. The molecule has 0 spiro atoms. The summed E-state index contributed by atoms with van der Waals surface area (Å²) < 4.78 is 6.54. The zero-order valence-corrected chi connectivity index (χ0v) is 14.6. The summed E-state index contributed by atoms with van der Waals surface area (Å²) in [7, 11) is 1.62. The maximum atomic E-state index is 12.7. The van der Waals surface area contributed by atoms with Crippen LogP contribution in [0.2, 0.25) is 0 Å². The molecule has 1 aliphatic rings. The molecule has 0 bridgehead atoms. The van der Waals surface area contributed by atoms with Gasteiger partial charge in [-0.2, -0.15) is 0 Å². The van der Waals surface area contributed by atoms with E-state index in [1.807, 2.05) is 13.8 Å². The number of hydrogen-bond acceptors (Lipinski definition) is 4. The molecule has 0 saturated carbocycles. The molecule has 1 N–H and O–H groups in total. The topological polar surface area (TPSA) is 87.8 Å². The van der Waals surface area contributed by atoms with E-state index in [0.29, 0.717) is 42.8 Å². The third kappa shape index (κ3) is 3.38.